The van der Waals surface area contributed by atoms with Gasteiger partial charge in [0.2, 0.25) is 5.91 Å². The highest BCUT2D eigenvalue weighted by Gasteiger charge is 2.30. The lowest BCUT2D eigenvalue weighted by Gasteiger charge is -2.24. The summed E-state index contributed by atoms with van der Waals surface area (Å²) in [6.45, 7) is 1.30. The molecule has 4 heterocycles. The molecule has 0 radical (unpaired) electrons. The molecule has 1 fully saturated rings. The Bertz CT molecular complexity index is 1370. The van der Waals surface area contributed by atoms with Crippen molar-refractivity contribution in [2.45, 2.75) is 31.8 Å². The summed E-state index contributed by atoms with van der Waals surface area (Å²) in [5.41, 5.74) is 3.00. The van der Waals surface area contributed by atoms with Gasteiger partial charge in [-0.1, -0.05) is 0 Å². The molecule has 1 saturated heterocycles. The van der Waals surface area contributed by atoms with Crippen LogP contribution < -0.4 is 10.1 Å². The van der Waals surface area contributed by atoms with Crippen LogP contribution in [-0.4, -0.2) is 64.4 Å². The minimum atomic E-state index is 0.0198. The van der Waals surface area contributed by atoms with Crippen LogP contribution in [0.2, 0.25) is 0 Å². The van der Waals surface area contributed by atoms with Gasteiger partial charge in [0, 0.05) is 42.8 Å². The fourth-order valence-corrected chi connectivity index (χ4v) is 6.13. The largest absolute Gasteiger partial charge is 0.486 e. The van der Waals surface area contributed by atoms with Gasteiger partial charge in [-0.25, -0.2) is 9.97 Å². The van der Waals surface area contributed by atoms with Crippen LogP contribution in [0.4, 0.5) is 11.5 Å². The summed E-state index contributed by atoms with van der Waals surface area (Å²) in [7, 11) is 3.65. The summed E-state index contributed by atoms with van der Waals surface area (Å²) in [4.78, 5) is 25.6. The van der Waals surface area contributed by atoms with Crippen molar-refractivity contribution in [3.05, 3.63) is 35.1 Å². The fourth-order valence-electron chi connectivity index (χ4n) is 4.86. The number of benzene rings is 1. The fraction of sp³-hybridized carbons (Fsp3) is 0.417. The number of rotatable bonds is 5. The van der Waals surface area contributed by atoms with Gasteiger partial charge in [0.05, 0.1) is 36.0 Å². The molecule has 3 aromatic heterocycles. The van der Waals surface area contributed by atoms with Crippen molar-refractivity contribution in [1.82, 2.24) is 25.1 Å². The number of nitrogens with zero attached hydrogens (tertiary/aromatic N) is 4. The van der Waals surface area contributed by atoms with Crippen LogP contribution in [0.1, 0.15) is 23.3 Å². The molecular weight excluding hydrogens is 452 g/mol. The van der Waals surface area contributed by atoms with Crippen LogP contribution >= 0.6 is 11.3 Å². The Labute approximate surface area is 200 Å². The minimum Gasteiger partial charge on any atom is -0.486 e. The number of aromatic nitrogens is 4. The van der Waals surface area contributed by atoms with Gasteiger partial charge >= 0.3 is 0 Å². The maximum absolute atomic E-state index is 12.6. The predicted molar refractivity (Wildman–Crippen MR) is 131 cm³/mol. The number of amides is 1. The van der Waals surface area contributed by atoms with Crippen molar-refractivity contribution in [3.8, 4) is 5.75 Å². The Morgan fingerprint density at radius 3 is 3.03 bits per heavy atom. The topological polar surface area (TPSA) is 105 Å². The molecule has 0 saturated carbocycles. The van der Waals surface area contributed by atoms with Crippen LogP contribution in [-0.2, 0) is 22.4 Å². The summed E-state index contributed by atoms with van der Waals surface area (Å²) in [5, 5.41) is 12.7. The zero-order valence-corrected chi connectivity index (χ0v) is 19.9. The number of fused-ring (bicyclic) bond motifs is 4. The highest BCUT2D eigenvalue weighted by molar-refractivity contribution is 7.19. The molecule has 1 unspecified atom stereocenters. The van der Waals surface area contributed by atoms with Gasteiger partial charge in [-0.05, 0) is 30.9 Å². The van der Waals surface area contributed by atoms with Gasteiger partial charge in [-0.15, -0.1) is 11.3 Å². The zero-order chi connectivity index (χ0) is 23.2. The van der Waals surface area contributed by atoms with E-state index in [0.717, 1.165) is 64.1 Å². The average Bonchev–Trinajstić information content (AvgIpc) is 3.58. The number of ether oxygens (including phenoxy) is 2. The van der Waals surface area contributed by atoms with Crippen molar-refractivity contribution < 1.29 is 14.3 Å². The molecule has 34 heavy (non-hydrogen) atoms. The van der Waals surface area contributed by atoms with E-state index in [0.29, 0.717) is 13.2 Å². The molecule has 1 amide bonds. The van der Waals surface area contributed by atoms with Crippen LogP contribution in [0.5, 0.6) is 5.75 Å². The number of H-pyrrole nitrogens is 1. The van der Waals surface area contributed by atoms with Gasteiger partial charge in [0.1, 0.15) is 28.8 Å². The second kappa shape index (κ2) is 8.52. The molecular formula is C24H26N6O3S. The average molecular weight is 479 g/mol. The number of aromatic amines is 1. The predicted octanol–water partition coefficient (Wildman–Crippen LogP) is 3.67. The van der Waals surface area contributed by atoms with Crippen molar-refractivity contribution in [1.29, 1.82) is 0 Å². The van der Waals surface area contributed by atoms with Crippen molar-refractivity contribution in [3.63, 3.8) is 0 Å². The molecule has 0 spiro atoms. The van der Waals surface area contributed by atoms with Crippen LogP contribution in [0.3, 0.4) is 0 Å². The van der Waals surface area contributed by atoms with E-state index in [1.165, 1.54) is 10.4 Å². The first kappa shape index (κ1) is 21.3. The maximum atomic E-state index is 12.6. The molecule has 9 nitrogen and oxygen atoms in total. The van der Waals surface area contributed by atoms with Crippen LogP contribution in [0.15, 0.2) is 24.7 Å². The summed E-state index contributed by atoms with van der Waals surface area (Å²) in [6.07, 6.45) is 6.70. The quantitative estimate of drug-likeness (QED) is 0.451. The summed E-state index contributed by atoms with van der Waals surface area (Å²) in [6, 6.07) is 4.00. The number of hydrogen-bond donors (Lipinski definition) is 2. The molecule has 1 aliphatic heterocycles. The number of carbonyl (C=O) groups is 1. The molecule has 176 valence electrons. The standard InChI is InChI=1S/C24H26N6O3S/c1-30(2)24(31)13-3-4-16-20(8-13)34-23-21(16)22(25-12-26-23)28-18-7-14-10-27-29-17(14)9-19(18)33-15-5-6-32-11-15/h7,9-10,12-13,15H,3-6,8,11H2,1-2H3,(H,27,29)(H,25,26,28)/t13?,15-/m0/s1. The molecule has 2 aliphatic rings. The van der Waals surface area contributed by atoms with Gasteiger partial charge in [0.15, 0.2) is 0 Å². The van der Waals surface area contributed by atoms with Crippen LogP contribution in [0, 0.1) is 5.92 Å². The lowest BCUT2D eigenvalue weighted by Crippen LogP contribution is -2.32. The van der Waals surface area contributed by atoms with E-state index in [-0.39, 0.29) is 17.9 Å². The second-order valence-corrected chi connectivity index (χ2v) is 10.2. The van der Waals surface area contributed by atoms with E-state index >= 15 is 0 Å². The Hall–Kier alpha value is -3.24. The van der Waals surface area contributed by atoms with Crippen LogP contribution in [0.25, 0.3) is 21.1 Å². The first-order valence-electron chi connectivity index (χ1n) is 11.5. The highest BCUT2D eigenvalue weighted by atomic mass is 32.1. The zero-order valence-electron chi connectivity index (χ0n) is 19.1. The monoisotopic (exact) mass is 478 g/mol. The van der Waals surface area contributed by atoms with Crippen molar-refractivity contribution >= 4 is 49.9 Å². The maximum Gasteiger partial charge on any atom is 0.225 e. The number of anilines is 2. The Balaban J connectivity index is 1.37. The second-order valence-electron chi connectivity index (χ2n) is 9.11. The van der Waals surface area contributed by atoms with E-state index in [2.05, 4.69) is 25.5 Å². The molecule has 0 bridgehead atoms. The number of nitrogens with one attached hydrogen (secondary N) is 2. The minimum absolute atomic E-state index is 0.0198. The molecule has 4 aromatic rings. The van der Waals surface area contributed by atoms with Gasteiger partial charge in [0.25, 0.3) is 0 Å². The molecule has 2 atom stereocenters. The highest BCUT2D eigenvalue weighted by Crippen LogP contribution is 2.42. The van der Waals surface area contributed by atoms with Crippen molar-refractivity contribution in [2.75, 3.05) is 32.6 Å². The van der Waals surface area contributed by atoms with Gasteiger partial charge in [-0.2, -0.15) is 5.10 Å². The molecule has 1 aromatic carbocycles. The third-order valence-electron chi connectivity index (χ3n) is 6.61. The molecule has 10 heteroatoms. The lowest BCUT2D eigenvalue weighted by atomic mass is 9.87. The van der Waals surface area contributed by atoms with Gasteiger partial charge in [-0.3, -0.25) is 9.89 Å². The third-order valence-corrected chi connectivity index (χ3v) is 7.77. The first-order valence-corrected chi connectivity index (χ1v) is 12.3. The number of carbonyl (C=O) groups excluding carboxylic acids is 1. The summed E-state index contributed by atoms with van der Waals surface area (Å²) in [5.74, 6) is 1.71. The normalized spacial score (nSPS) is 19.9. The van der Waals surface area contributed by atoms with E-state index in [1.807, 2.05) is 26.2 Å². The first-order chi connectivity index (χ1) is 16.6. The molecule has 6 rings (SSSR count). The summed E-state index contributed by atoms with van der Waals surface area (Å²) >= 11 is 1.67. The molecule has 2 N–H and O–H groups in total. The third kappa shape index (κ3) is 3.76. The Morgan fingerprint density at radius 2 is 2.21 bits per heavy atom. The number of aryl methyl sites for hydroxylation is 1. The Kier molecular flexibility index (Phi) is 5.34. The van der Waals surface area contributed by atoms with Crippen molar-refractivity contribution in [2.24, 2.45) is 5.92 Å². The smallest absolute Gasteiger partial charge is 0.225 e. The summed E-state index contributed by atoms with van der Waals surface area (Å²) < 4.78 is 11.8. The van der Waals surface area contributed by atoms with E-state index in [1.54, 1.807) is 28.8 Å². The molecule has 1 aliphatic carbocycles. The van der Waals surface area contributed by atoms with E-state index in [4.69, 9.17) is 9.47 Å². The number of thiophene rings is 1. The Morgan fingerprint density at radius 1 is 1.29 bits per heavy atom. The number of hydrogen-bond acceptors (Lipinski definition) is 8. The lowest BCUT2D eigenvalue weighted by molar-refractivity contribution is -0.133. The SMILES string of the molecule is CN(C)C(=O)C1CCc2c(sc3ncnc(Nc4cc5cn[nH]c5cc4O[C@H]4CCOC4)c23)C1. The van der Waals surface area contributed by atoms with E-state index < -0.39 is 0 Å². The van der Waals surface area contributed by atoms with Gasteiger partial charge < -0.3 is 19.7 Å². The van der Waals surface area contributed by atoms with E-state index in [9.17, 15) is 4.79 Å².